The van der Waals surface area contributed by atoms with Crippen molar-refractivity contribution >= 4 is 33.4 Å². The summed E-state index contributed by atoms with van der Waals surface area (Å²) in [4.78, 5) is 15.3. The maximum Gasteiger partial charge on any atom is 0.335 e. The number of nitrogens with one attached hydrogen (secondary N) is 1. The molecular formula is C14H13BrN2O2. The van der Waals surface area contributed by atoms with E-state index in [1.807, 2.05) is 25.1 Å². The molecule has 4 nitrogen and oxygen atoms in total. The molecule has 0 aliphatic heterocycles. The molecule has 1 heterocycles. The molecule has 0 atom stereocenters. The summed E-state index contributed by atoms with van der Waals surface area (Å²) in [6, 6.07) is 8.92. The van der Waals surface area contributed by atoms with Crippen LogP contribution in [-0.4, -0.2) is 16.1 Å². The third-order valence-electron chi connectivity index (χ3n) is 2.66. The summed E-state index contributed by atoms with van der Waals surface area (Å²) in [6.45, 7) is 3.74. The third kappa shape index (κ3) is 3.32. The van der Waals surface area contributed by atoms with E-state index in [-0.39, 0.29) is 5.56 Å². The summed E-state index contributed by atoms with van der Waals surface area (Å²) < 4.78 is 0.951. The van der Waals surface area contributed by atoms with Gasteiger partial charge in [0.05, 0.1) is 5.56 Å². The lowest BCUT2D eigenvalue weighted by Crippen LogP contribution is -2.02. The minimum atomic E-state index is -0.959. The average Bonchev–Trinajstić information content (AvgIpc) is 2.33. The highest BCUT2D eigenvalue weighted by atomic mass is 79.9. The molecule has 0 saturated heterocycles. The molecule has 98 valence electrons. The third-order valence-corrected chi connectivity index (χ3v) is 3.16. The van der Waals surface area contributed by atoms with Crippen LogP contribution in [0.4, 0.5) is 11.5 Å². The molecule has 0 aliphatic carbocycles. The van der Waals surface area contributed by atoms with Crippen LogP contribution in [0.1, 0.15) is 21.6 Å². The molecule has 0 spiro atoms. The predicted octanol–water partition coefficient (Wildman–Crippen LogP) is 3.90. The van der Waals surface area contributed by atoms with Gasteiger partial charge >= 0.3 is 5.97 Å². The highest BCUT2D eigenvalue weighted by molar-refractivity contribution is 9.10. The summed E-state index contributed by atoms with van der Waals surface area (Å²) in [5.41, 5.74) is 2.84. The molecule has 0 aliphatic rings. The van der Waals surface area contributed by atoms with Crippen LogP contribution in [0.2, 0.25) is 0 Å². The molecule has 0 unspecified atom stereocenters. The number of hydrogen-bond acceptors (Lipinski definition) is 3. The van der Waals surface area contributed by atoms with E-state index in [0.717, 1.165) is 15.7 Å². The van der Waals surface area contributed by atoms with Crippen LogP contribution >= 0.6 is 15.9 Å². The van der Waals surface area contributed by atoms with Crippen molar-refractivity contribution < 1.29 is 9.90 Å². The van der Waals surface area contributed by atoms with Gasteiger partial charge in [0, 0.05) is 15.9 Å². The molecular weight excluding hydrogens is 308 g/mol. The zero-order chi connectivity index (χ0) is 14.0. The van der Waals surface area contributed by atoms with Gasteiger partial charge in [0.2, 0.25) is 0 Å². The standard InChI is InChI=1S/C14H13BrN2O2/c1-8-3-4-11(15)7-12(8)17-13-6-10(14(18)19)5-9(2)16-13/h3-7H,1-2H3,(H,16,17)(H,18,19). The number of aromatic nitrogens is 1. The van der Waals surface area contributed by atoms with Crippen molar-refractivity contribution in [1.82, 2.24) is 4.98 Å². The summed E-state index contributed by atoms with van der Waals surface area (Å²) in [7, 11) is 0. The van der Waals surface area contributed by atoms with Gasteiger partial charge < -0.3 is 10.4 Å². The lowest BCUT2D eigenvalue weighted by Gasteiger charge is -2.10. The first-order chi connectivity index (χ1) is 8.95. The van der Waals surface area contributed by atoms with Crippen molar-refractivity contribution in [2.75, 3.05) is 5.32 Å². The SMILES string of the molecule is Cc1cc(C(=O)O)cc(Nc2cc(Br)ccc2C)n1. The fourth-order valence-corrected chi connectivity index (χ4v) is 2.08. The second-order valence-electron chi connectivity index (χ2n) is 4.27. The zero-order valence-electron chi connectivity index (χ0n) is 10.6. The highest BCUT2D eigenvalue weighted by Gasteiger charge is 2.08. The molecule has 2 aromatic rings. The van der Waals surface area contributed by atoms with E-state index in [1.54, 1.807) is 13.0 Å². The van der Waals surface area contributed by atoms with Gasteiger partial charge in [-0.2, -0.15) is 0 Å². The number of benzene rings is 1. The van der Waals surface area contributed by atoms with E-state index in [1.165, 1.54) is 6.07 Å². The number of pyridine rings is 1. The molecule has 5 heteroatoms. The van der Waals surface area contributed by atoms with E-state index in [0.29, 0.717) is 11.5 Å². The van der Waals surface area contributed by atoms with Crippen molar-refractivity contribution in [2.24, 2.45) is 0 Å². The second kappa shape index (κ2) is 5.40. The Labute approximate surface area is 119 Å². The Morgan fingerprint density at radius 2 is 2.00 bits per heavy atom. The molecule has 0 radical (unpaired) electrons. The number of carboxylic acid groups (broad SMARTS) is 1. The number of rotatable bonds is 3. The summed E-state index contributed by atoms with van der Waals surface area (Å²) >= 11 is 3.41. The normalized spacial score (nSPS) is 10.3. The Balaban J connectivity index is 2.38. The average molecular weight is 321 g/mol. The largest absolute Gasteiger partial charge is 0.478 e. The first-order valence-corrected chi connectivity index (χ1v) is 6.50. The Morgan fingerprint density at radius 1 is 1.26 bits per heavy atom. The van der Waals surface area contributed by atoms with Crippen LogP contribution < -0.4 is 5.32 Å². The number of nitrogens with zero attached hydrogens (tertiary/aromatic N) is 1. The van der Waals surface area contributed by atoms with Gasteiger partial charge in [-0.25, -0.2) is 9.78 Å². The number of hydrogen-bond donors (Lipinski definition) is 2. The molecule has 0 fully saturated rings. The molecule has 19 heavy (non-hydrogen) atoms. The minimum Gasteiger partial charge on any atom is -0.478 e. The lowest BCUT2D eigenvalue weighted by molar-refractivity contribution is 0.0696. The van der Waals surface area contributed by atoms with Gasteiger partial charge in [-0.1, -0.05) is 22.0 Å². The number of carbonyl (C=O) groups is 1. The maximum atomic E-state index is 11.0. The fourth-order valence-electron chi connectivity index (χ4n) is 1.72. The smallest absolute Gasteiger partial charge is 0.335 e. The molecule has 0 amide bonds. The first-order valence-electron chi connectivity index (χ1n) is 5.71. The molecule has 0 bridgehead atoms. The number of aryl methyl sites for hydroxylation is 2. The van der Waals surface area contributed by atoms with Crippen molar-refractivity contribution in [2.45, 2.75) is 13.8 Å². The van der Waals surface area contributed by atoms with Crippen LogP contribution in [0, 0.1) is 13.8 Å². The van der Waals surface area contributed by atoms with E-state index < -0.39 is 5.97 Å². The Kier molecular flexibility index (Phi) is 3.85. The van der Waals surface area contributed by atoms with Gasteiger partial charge in [-0.3, -0.25) is 0 Å². The van der Waals surface area contributed by atoms with E-state index in [2.05, 4.69) is 26.2 Å². The van der Waals surface area contributed by atoms with Crippen molar-refractivity contribution in [3.63, 3.8) is 0 Å². The van der Waals surface area contributed by atoms with Crippen LogP contribution in [0.15, 0.2) is 34.8 Å². The molecule has 0 saturated carbocycles. The van der Waals surface area contributed by atoms with E-state index in [9.17, 15) is 4.79 Å². The minimum absolute atomic E-state index is 0.225. The van der Waals surface area contributed by atoms with E-state index in [4.69, 9.17) is 5.11 Å². The number of anilines is 2. The van der Waals surface area contributed by atoms with Crippen LogP contribution in [0.3, 0.4) is 0 Å². The first kappa shape index (κ1) is 13.5. The molecule has 1 aromatic heterocycles. The fraction of sp³-hybridized carbons (Fsp3) is 0.143. The second-order valence-corrected chi connectivity index (χ2v) is 5.19. The van der Waals surface area contributed by atoms with Gasteiger partial charge in [0.25, 0.3) is 0 Å². The number of halogens is 1. The van der Waals surface area contributed by atoms with Crippen molar-refractivity contribution in [1.29, 1.82) is 0 Å². The predicted molar refractivity (Wildman–Crippen MR) is 78.1 cm³/mol. The molecule has 2 N–H and O–H groups in total. The van der Waals surface area contributed by atoms with Crippen LogP contribution in [-0.2, 0) is 0 Å². The highest BCUT2D eigenvalue weighted by Crippen LogP contribution is 2.24. The van der Waals surface area contributed by atoms with Crippen LogP contribution in [0.5, 0.6) is 0 Å². The summed E-state index contributed by atoms with van der Waals surface area (Å²) in [5, 5.41) is 12.2. The monoisotopic (exact) mass is 320 g/mol. The van der Waals surface area contributed by atoms with Crippen molar-refractivity contribution in [3.8, 4) is 0 Å². The van der Waals surface area contributed by atoms with Gasteiger partial charge in [-0.05, 0) is 43.7 Å². The Hall–Kier alpha value is -1.88. The summed E-state index contributed by atoms with van der Waals surface area (Å²) in [6.07, 6.45) is 0. The Morgan fingerprint density at radius 3 is 2.68 bits per heavy atom. The zero-order valence-corrected chi connectivity index (χ0v) is 12.2. The lowest BCUT2D eigenvalue weighted by atomic mass is 10.2. The van der Waals surface area contributed by atoms with Crippen molar-refractivity contribution in [3.05, 3.63) is 51.6 Å². The van der Waals surface area contributed by atoms with Gasteiger partial charge in [-0.15, -0.1) is 0 Å². The van der Waals surface area contributed by atoms with Crippen LogP contribution in [0.25, 0.3) is 0 Å². The number of carboxylic acids is 1. The Bertz CT molecular complexity index is 641. The molecule has 2 rings (SSSR count). The topological polar surface area (TPSA) is 62.2 Å². The van der Waals surface area contributed by atoms with Gasteiger partial charge in [0.15, 0.2) is 0 Å². The number of aromatic carboxylic acids is 1. The summed E-state index contributed by atoms with van der Waals surface area (Å²) in [5.74, 6) is -0.432. The quantitative estimate of drug-likeness (QED) is 0.900. The maximum absolute atomic E-state index is 11.0. The van der Waals surface area contributed by atoms with Gasteiger partial charge in [0.1, 0.15) is 5.82 Å². The molecule has 1 aromatic carbocycles. The van der Waals surface area contributed by atoms with E-state index >= 15 is 0 Å².